The van der Waals surface area contributed by atoms with Gasteiger partial charge in [-0.3, -0.25) is 14.4 Å². The van der Waals surface area contributed by atoms with Crippen LogP contribution < -0.4 is 0 Å². The smallest absolute Gasteiger partial charge is 0.246 e. The van der Waals surface area contributed by atoms with Gasteiger partial charge < -0.3 is 14.7 Å². The molecule has 0 N–H and O–H groups in total. The standard InChI is InChI=1S/C16H27N3O3S/c1-5-13(20)17-6-8-18(9-7-17)14(21)12-10-23-11-19(12)15(22)16(2,3)4/h12H,5-11H2,1-4H3. The van der Waals surface area contributed by atoms with E-state index >= 15 is 0 Å². The largest absolute Gasteiger partial charge is 0.339 e. The summed E-state index contributed by atoms with van der Waals surface area (Å²) in [6, 6.07) is -0.361. The van der Waals surface area contributed by atoms with Gasteiger partial charge in [0.2, 0.25) is 17.7 Å². The zero-order valence-corrected chi connectivity index (χ0v) is 15.3. The fourth-order valence-corrected chi connectivity index (χ4v) is 4.03. The number of piperazine rings is 1. The molecule has 23 heavy (non-hydrogen) atoms. The number of rotatable bonds is 2. The zero-order valence-electron chi connectivity index (χ0n) is 14.5. The van der Waals surface area contributed by atoms with E-state index in [4.69, 9.17) is 0 Å². The normalized spacial score (nSPS) is 22.4. The van der Waals surface area contributed by atoms with Crippen LogP contribution in [0.4, 0.5) is 0 Å². The second-order valence-corrected chi connectivity index (χ2v) is 8.10. The van der Waals surface area contributed by atoms with E-state index in [-0.39, 0.29) is 23.8 Å². The summed E-state index contributed by atoms with van der Waals surface area (Å²) in [5.41, 5.74) is -0.477. The molecule has 7 heteroatoms. The van der Waals surface area contributed by atoms with Crippen LogP contribution >= 0.6 is 11.8 Å². The monoisotopic (exact) mass is 341 g/mol. The average molecular weight is 341 g/mol. The highest BCUT2D eigenvalue weighted by molar-refractivity contribution is 7.99. The lowest BCUT2D eigenvalue weighted by atomic mass is 9.94. The molecule has 0 aromatic heterocycles. The first kappa shape index (κ1) is 18.1. The minimum Gasteiger partial charge on any atom is -0.339 e. The summed E-state index contributed by atoms with van der Waals surface area (Å²) in [7, 11) is 0. The van der Waals surface area contributed by atoms with Crippen LogP contribution in [0.2, 0.25) is 0 Å². The maximum absolute atomic E-state index is 12.8. The van der Waals surface area contributed by atoms with Crippen molar-refractivity contribution in [2.45, 2.75) is 40.2 Å². The van der Waals surface area contributed by atoms with E-state index in [1.807, 2.05) is 32.6 Å². The Labute approximate surface area is 142 Å². The highest BCUT2D eigenvalue weighted by atomic mass is 32.2. The van der Waals surface area contributed by atoms with Crippen LogP contribution in [-0.4, -0.2) is 76.3 Å². The van der Waals surface area contributed by atoms with Gasteiger partial charge in [0.1, 0.15) is 6.04 Å². The van der Waals surface area contributed by atoms with Crippen molar-refractivity contribution in [3.8, 4) is 0 Å². The lowest BCUT2D eigenvalue weighted by Gasteiger charge is -2.38. The molecule has 0 aromatic carbocycles. The molecule has 1 atom stereocenters. The number of hydrogen-bond acceptors (Lipinski definition) is 4. The fraction of sp³-hybridized carbons (Fsp3) is 0.812. The molecule has 3 amide bonds. The number of nitrogens with zero attached hydrogens (tertiary/aromatic N) is 3. The van der Waals surface area contributed by atoms with Gasteiger partial charge in [0.25, 0.3) is 0 Å². The van der Waals surface area contributed by atoms with E-state index in [1.54, 1.807) is 21.6 Å². The van der Waals surface area contributed by atoms with Crippen LogP contribution in [0.1, 0.15) is 34.1 Å². The van der Waals surface area contributed by atoms with Crippen molar-refractivity contribution in [1.82, 2.24) is 14.7 Å². The summed E-state index contributed by atoms with van der Waals surface area (Å²) in [6.45, 7) is 9.80. The lowest BCUT2D eigenvalue weighted by molar-refractivity contribution is -0.149. The van der Waals surface area contributed by atoms with Gasteiger partial charge in [-0.2, -0.15) is 0 Å². The van der Waals surface area contributed by atoms with Gasteiger partial charge in [0, 0.05) is 43.8 Å². The molecule has 0 spiro atoms. The van der Waals surface area contributed by atoms with Gasteiger partial charge in [-0.25, -0.2) is 0 Å². The molecule has 0 aromatic rings. The Morgan fingerprint density at radius 1 is 1.04 bits per heavy atom. The molecule has 2 rings (SSSR count). The van der Waals surface area contributed by atoms with Crippen molar-refractivity contribution < 1.29 is 14.4 Å². The molecule has 0 radical (unpaired) electrons. The first-order valence-corrected chi connectivity index (χ1v) is 9.36. The van der Waals surface area contributed by atoms with Crippen molar-refractivity contribution in [1.29, 1.82) is 0 Å². The van der Waals surface area contributed by atoms with Gasteiger partial charge in [0.15, 0.2) is 0 Å². The summed E-state index contributed by atoms with van der Waals surface area (Å²) in [4.78, 5) is 42.4. The maximum Gasteiger partial charge on any atom is 0.246 e. The predicted molar refractivity (Wildman–Crippen MR) is 90.9 cm³/mol. The summed E-state index contributed by atoms with van der Waals surface area (Å²) in [6.07, 6.45) is 0.501. The second kappa shape index (κ2) is 7.11. The molecule has 2 fully saturated rings. The van der Waals surface area contributed by atoms with E-state index in [0.717, 1.165) is 0 Å². The van der Waals surface area contributed by atoms with E-state index in [0.29, 0.717) is 44.2 Å². The van der Waals surface area contributed by atoms with Crippen molar-refractivity contribution in [3.63, 3.8) is 0 Å². The second-order valence-electron chi connectivity index (χ2n) is 7.10. The summed E-state index contributed by atoms with van der Waals surface area (Å²) >= 11 is 1.63. The first-order valence-electron chi connectivity index (χ1n) is 8.21. The highest BCUT2D eigenvalue weighted by Gasteiger charge is 2.41. The Balaban J connectivity index is 1.98. The Bertz CT molecular complexity index is 481. The molecule has 2 heterocycles. The fourth-order valence-electron chi connectivity index (χ4n) is 2.89. The van der Waals surface area contributed by atoms with Crippen LogP contribution in [0.5, 0.6) is 0 Å². The van der Waals surface area contributed by atoms with Gasteiger partial charge in [-0.1, -0.05) is 27.7 Å². The molecule has 6 nitrogen and oxygen atoms in total. The first-order chi connectivity index (χ1) is 10.8. The minimum absolute atomic E-state index is 0.0243. The van der Waals surface area contributed by atoms with Gasteiger partial charge in [-0.15, -0.1) is 11.8 Å². The van der Waals surface area contributed by atoms with Crippen LogP contribution in [0.3, 0.4) is 0 Å². The molecule has 2 saturated heterocycles. The Morgan fingerprint density at radius 3 is 2.13 bits per heavy atom. The third-order valence-electron chi connectivity index (χ3n) is 4.32. The van der Waals surface area contributed by atoms with Crippen molar-refractivity contribution in [2.75, 3.05) is 37.8 Å². The third kappa shape index (κ3) is 4.00. The molecule has 1 unspecified atom stereocenters. The van der Waals surface area contributed by atoms with Gasteiger partial charge >= 0.3 is 0 Å². The van der Waals surface area contributed by atoms with Gasteiger partial charge in [-0.05, 0) is 0 Å². The van der Waals surface area contributed by atoms with Crippen LogP contribution in [-0.2, 0) is 14.4 Å². The highest BCUT2D eigenvalue weighted by Crippen LogP contribution is 2.28. The molecule has 0 saturated carbocycles. The molecule has 130 valence electrons. The Hall–Kier alpha value is -1.24. The van der Waals surface area contributed by atoms with E-state index in [1.165, 1.54) is 0 Å². The van der Waals surface area contributed by atoms with E-state index in [2.05, 4.69) is 0 Å². The maximum atomic E-state index is 12.8. The molecule has 2 aliphatic heterocycles. The van der Waals surface area contributed by atoms with Crippen molar-refractivity contribution in [3.05, 3.63) is 0 Å². The van der Waals surface area contributed by atoms with Crippen molar-refractivity contribution >= 4 is 29.5 Å². The number of amides is 3. The third-order valence-corrected chi connectivity index (χ3v) is 5.33. The number of thioether (sulfide) groups is 1. The Morgan fingerprint density at radius 2 is 1.61 bits per heavy atom. The average Bonchev–Trinajstić information content (AvgIpc) is 3.01. The van der Waals surface area contributed by atoms with Crippen LogP contribution in [0.15, 0.2) is 0 Å². The predicted octanol–water partition coefficient (Wildman–Crippen LogP) is 1.01. The summed E-state index contributed by atoms with van der Waals surface area (Å²) < 4.78 is 0. The van der Waals surface area contributed by atoms with Crippen LogP contribution in [0, 0.1) is 5.41 Å². The number of hydrogen-bond donors (Lipinski definition) is 0. The van der Waals surface area contributed by atoms with Gasteiger partial charge in [0.05, 0.1) is 5.88 Å². The number of carbonyl (C=O) groups excluding carboxylic acids is 3. The molecule has 2 aliphatic rings. The van der Waals surface area contributed by atoms with E-state index < -0.39 is 5.41 Å². The summed E-state index contributed by atoms with van der Waals surface area (Å²) in [5, 5.41) is 0. The molecule has 0 aliphatic carbocycles. The summed E-state index contributed by atoms with van der Waals surface area (Å²) in [5.74, 6) is 1.44. The topological polar surface area (TPSA) is 60.9 Å². The number of carbonyl (C=O) groups is 3. The van der Waals surface area contributed by atoms with Crippen LogP contribution in [0.25, 0.3) is 0 Å². The zero-order chi connectivity index (χ0) is 17.2. The SMILES string of the molecule is CCC(=O)N1CCN(C(=O)C2CSCN2C(=O)C(C)(C)C)CC1. The van der Waals surface area contributed by atoms with Crippen molar-refractivity contribution in [2.24, 2.45) is 5.41 Å². The molecular formula is C16H27N3O3S. The van der Waals surface area contributed by atoms with E-state index in [9.17, 15) is 14.4 Å². The molecule has 0 bridgehead atoms. The molecular weight excluding hydrogens is 314 g/mol. The minimum atomic E-state index is -0.477. The quantitative estimate of drug-likeness (QED) is 0.752. The lowest BCUT2D eigenvalue weighted by Crippen LogP contribution is -2.56. The Kier molecular flexibility index (Phi) is 5.60.